The lowest BCUT2D eigenvalue weighted by atomic mass is 10.1. The second kappa shape index (κ2) is 7.09. The summed E-state index contributed by atoms with van der Waals surface area (Å²) in [6.07, 6.45) is 3.56. The van der Waals surface area contributed by atoms with Gasteiger partial charge >= 0.3 is 0 Å². The van der Waals surface area contributed by atoms with E-state index in [1.165, 1.54) is 0 Å². The molecular formula is C13H23N3O. The fourth-order valence-corrected chi connectivity index (χ4v) is 1.56. The smallest absolute Gasteiger partial charge is 0.221 e. The predicted octanol–water partition coefficient (Wildman–Crippen LogP) is 2.90. The van der Waals surface area contributed by atoms with E-state index in [1.54, 1.807) is 6.33 Å². The van der Waals surface area contributed by atoms with E-state index in [0.717, 1.165) is 36.6 Å². The van der Waals surface area contributed by atoms with Gasteiger partial charge in [0.2, 0.25) is 5.88 Å². The molecule has 0 saturated heterocycles. The quantitative estimate of drug-likeness (QED) is 0.792. The minimum atomic E-state index is 0.502. The number of nitrogens with one attached hydrogen (secondary N) is 1. The van der Waals surface area contributed by atoms with Gasteiger partial charge in [-0.1, -0.05) is 27.2 Å². The molecule has 0 spiro atoms. The summed E-state index contributed by atoms with van der Waals surface area (Å²) in [4.78, 5) is 8.51. The third-order valence-electron chi connectivity index (χ3n) is 2.30. The highest BCUT2D eigenvalue weighted by molar-refractivity contribution is 5.48. The Hall–Kier alpha value is -1.32. The number of rotatable bonds is 7. The first-order valence-electron chi connectivity index (χ1n) is 6.39. The number of ether oxygens (including phenoxy) is 1. The van der Waals surface area contributed by atoms with Crippen LogP contribution in [-0.2, 0) is 6.42 Å². The summed E-state index contributed by atoms with van der Waals surface area (Å²) >= 11 is 0. The number of hydrogen-bond acceptors (Lipinski definition) is 4. The zero-order chi connectivity index (χ0) is 12.7. The van der Waals surface area contributed by atoms with Gasteiger partial charge in [-0.2, -0.15) is 0 Å². The molecule has 96 valence electrons. The van der Waals surface area contributed by atoms with Crippen LogP contribution in [-0.4, -0.2) is 23.1 Å². The fraction of sp³-hybridized carbons (Fsp3) is 0.692. The first kappa shape index (κ1) is 13.7. The summed E-state index contributed by atoms with van der Waals surface area (Å²) in [7, 11) is 0. The van der Waals surface area contributed by atoms with Gasteiger partial charge in [-0.15, -0.1) is 0 Å². The molecule has 0 fully saturated rings. The lowest BCUT2D eigenvalue weighted by molar-refractivity contribution is 0.258. The van der Waals surface area contributed by atoms with Gasteiger partial charge in [-0.05, 0) is 19.3 Å². The third kappa shape index (κ3) is 4.21. The van der Waals surface area contributed by atoms with E-state index in [4.69, 9.17) is 4.74 Å². The van der Waals surface area contributed by atoms with Crippen LogP contribution in [0.15, 0.2) is 6.33 Å². The van der Waals surface area contributed by atoms with Gasteiger partial charge in [0.15, 0.2) is 0 Å². The Morgan fingerprint density at radius 2 is 2.06 bits per heavy atom. The molecule has 1 aromatic rings. The summed E-state index contributed by atoms with van der Waals surface area (Å²) in [5, 5.41) is 3.26. The Bertz CT molecular complexity index is 339. The zero-order valence-electron chi connectivity index (χ0n) is 11.3. The molecule has 0 radical (unpaired) electrons. The van der Waals surface area contributed by atoms with Gasteiger partial charge in [-0.25, -0.2) is 9.97 Å². The van der Waals surface area contributed by atoms with E-state index < -0.39 is 0 Å². The Morgan fingerprint density at radius 1 is 1.29 bits per heavy atom. The Kier molecular flexibility index (Phi) is 5.73. The molecular weight excluding hydrogens is 214 g/mol. The van der Waals surface area contributed by atoms with Crippen LogP contribution in [0.3, 0.4) is 0 Å². The van der Waals surface area contributed by atoms with Crippen molar-refractivity contribution in [3.63, 3.8) is 0 Å². The van der Waals surface area contributed by atoms with Crippen molar-refractivity contribution in [2.45, 2.75) is 40.5 Å². The molecule has 1 aromatic heterocycles. The molecule has 0 amide bonds. The van der Waals surface area contributed by atoms with Crippen LogP contribution in [0.25, 0.3) is 0 Å². The largest absolute Gasteiger partial charge is 0.477 e. The minimum absolute atomic E-state index is 0.502. The number of anilines is 1. The molecule has 1 N–H and O–H groups in total. The van der Waals surface area contributed by atoms with Crippen molar-refractivity contribution in [1.82, 2.24) is 9.97 Å². The van der Waals surface area contributed by atoms with Crippen LogP contribution >= 0.6 is 0 Å². The van der Waals surface area contributed by atoms with Crippen molar-refractivity contribution >= 4 is 5.82 Å². The van der Waals surface area contributed by atoms with E-state index in [9.17, 15) is 0 Å². The highest BCUT2D eigenvalue weighted by atomic mass is 16.5. The van der Waals surface area contributed by atoms with E-state index in [2.05, 4.69) is 43.0 Å². The highest BCUT2D eigenvalue weighted by Gasteiger charge is 2.11. The average molecular weight is 237 g/mol. The molecule has 0 atom stereocenters. The molecule has 0 saturated carbocycles. The van der Waals surface area contributed by atoms with Crippen LogP contribution in [0, 0.1) is 5.92 Å². The summed E-state index contributed by atoms with van der Waals surface area (Å²) < 4.78 is 5.75. The van der Waals surface area contributed by atoms with Crippen molar-refractivity contribution in [1.29, 1.82) is 0 Å². The van der Waals surface area contributed by atoms with Crippen molar-refractivity contribution in [3.8, 4) is 5.88 Å². The monoisotopic (exact) mass is 237 g/mol. The maximum Gasteiger partial charge on any atom is 0.221 e. The minimum Gasteiger partial charge on any atom is -0.477 e. The van der Waals surface area contributed by atoms with Gasteiger partial charge < -0.3 is 10.1 Å². The summed E-state index contributed by atoms with van der Waals surface area (Å²) in [6, 6.07) is 0. The summed E-state index contributed by atoms with van der Waals surface area (Å²) in [5.41, 5.74) is 1.09. The molecule has 1 rings (SSSR count). The van der Waals surface area contributed by atoms with Gasteiger partial charge in [-0.3, -0.25) is 0 Å². The lowest BCUT2D eigenvalue weighted by Gasteiger charge is -2.14. The molecule has 17 heavy (non-hydrogen) atoms. The third-order valence-corrected chi connectivity index (χ3v) is 2.30. The Balaban J connectivity index is 2.89. The average Bonchev–Trinajstić information content (AvgIpc) is 2.30. The van der Waals surface area contributed by atoms with Crippen LogP contribution < -0.4 is 10.1 Å². The van der Waals surface area contributed by atoms with E-state index in [0.29, 0.717) is 12.5 Å². The fourth-order valence-electron chi connectivity index (χ4n) is 1.56. The molecule has 0 unspecified atom stereocenters. The van der Waals surface area contributed by atoms with Crippen LogP contribution in [0.2, 0.25) is 0 Å². The first-order chi connectivity index (χ1) is 8.19. The topological polar surface area (TPSA) is 47.0 Å². The van der Waals surface area contributed by atoms with E-state index in [-0.39, 0.29) is 0 Å². The molecule has 0 aromatic carbocycles. The molecule has 4 nitrogen and oxygen atoms in total. The maximum absolute atomic E-state index is 5.75. The van der Waals surface area contributed by atoms with E-state index >= 15 is 0 Å². The molecule has 0 bridgehead atoms. The molecule has 0 aliphatic carbocycles. The van der Waals surface area contributed by atoms with Crippen molar-refractivity contribution < 1.29 is 4.74 Å². The number of nitrogens with zero attached hydrogens (tertiary/aromatic N) is 2. The molecule has 4 heteroatoms. The molecule has 0 aliphatic heterocycles. The summed E-state index contributed by atoms with van der Waals surface area (Å²) in [5.74, 6) is 2.14. The van der Waals surface area contributed by atoms with Crippen molar-refractivity contribution in [2.75, 3.05) is 18.5 Å². The number of hydrogen-bond donors (Lipinski definition) is 1. The Morgan fingerprint density at radius 3 is 2.65 bits per heavy atom. The van der Waals surface area contributed by atoms with Crippen LogP contribution in [0.5, 0.6) is 5.88 Å². The van der Waals surface area contributed by atoms with Gasteiger partial charge in [0.1, 0.15) is 12.1 Å². The molecule has 1 heterocycles. The standard InChI is InChI=1S/C13H23N3O/c1-5-7-11-12(14-6-2)15-9-16-13(11)17-8-10(3)4/h9-10H,5-8H2,1-4H3,(H,14,15,16). The van der Waals surface area contributed by atoms with Gasteiger partial charge in [0, 0.05) is 6.54 Å². The number of aromatic nitrogens is 2. The molecule has 0 aliphatic rings. The van der Waals surface area contributed by atoms with Crippen molar-refractivity contribution in [3.05, 3.63) is 11.9 Å². The first-order valence-corrected chi connectivity index (χ1v) is 6.39. The van der Waals surface area contributed by atoms with Gasteiger partial charge in [0.05, 0.1) is 12.2 Å². The predicted molar refractivity (Wildman–Crippen MR) is 70.5 cm³/mol. The van der Waals surface area contributed by atoms with Crippen molar-refractivity contribution in [2.24, 2.45) is 5.92 Å². The lowest BCUT2D eigenvalue weighted by Crippen LogP contribution is -2.11. The van der Waals surface area contributed by atoms with E-state index in [1.807, 2.05) is 0 Å². The second-order valence-electron chi connectivity index (χ2n) is 4.49. The normalized spacial score (nSPS) is 10.6. The Labute approximate surface area is 104 Å². The SMILES string of the molecule is CCCc1c(NCC)ncnc1OCC(C)C. The zero-order valence-corrected chi connectivity index (χ0v) is 11.3. The second-order valence-corrected chi connectivity index (χ2v) is 4.49. The van der Waals surface area contributed by atoms with Crippen LogP contribution in [0.1, 0.15) is 39.7 Å². The highest BCUT2D eigenvalue weighted by Crippen LogP contribution is 2.23. The van der Waals surface area contributed by atoms with Gasteiger partial charge in [0.25, 0.3) is 0 Å². The summed E-state index contributed by atoms with van der Waals surface area (Å²) in [6.45, 7) is 10.0. The van der Waals surface area contributed by atoms with Crippen LogP contribution in [0.4, 0.5) is 5.82 Å². The maximum atomic E-state index is 5.75.